The van der Waals surface area contributed by atoms with Crippen molar-refractivity contribution in [2.24, 2.45) is 0 Å². The number of hydrogen-bond acceptors (Lipinski definition) is 3. The number of carbonyl (C=O) groups is 1. The van der Waals surface area contributed by atoms with Crippen LogP contribution in [0.2, 0.25) is 5.02 Å². The van der Waals surface area contributed by atoms with E-state index in [1.807, 2.05) is 26.0 Å². The summed E-state index contributed by atoms with van der Waals surface area (Å²) >= 11 is 6.09. The second-order valence-corrected chi connectivity index (χ2v) is 4.85. The lowest BCUT2D eigenvalue weighted by Gasteiger charge is -2.11. The van der Waals surface area contributed by atoms with Crippen LogP contribution in [0.15, 0.2) is 30.5 Å². The topological polar surface area (TPSA) is 59.4 Å². The fourth-order valence-corrected chi connectivity index (χ4v) is 2.01. The number of benzene rings is 1. The number of aromatic carboxylic acids is 1. The molecule has 20 heavy (non-hydrogen) atoms. The van der Waals surface area contributed by atoms with Gasteiger partial charge in [-0.15, -0.1) is 0 Å². The zero-order valence-corrected chi connectivity index (χ0v) is 11.9. The number of aryl methyl sites for hydroxylation is 2. The minimum atomic E-state index is -1.06. The van der Waals surface area contributed by atoms with Crippen LogP contribution in [0.25, 0.3) is 0 Å². The minimum Gasteiger partial charge on any atom is -0.489 e. The molecule has 2 rings (SSSR count). The van der Waals surface area contributed by atoms with Crippen LogP contribution in [0, 0.1) is 13.8 Å². The van der Waals surface area contributed by atoms with E-state index >= 15 is 0 Å². The summed E-state index contributed by atoms with van der Waals surface area (Å²) in [5.74, 6) is -0.405. The van der Waals surface area contributed by atoms with Crippen molar-refractivity contribution in [2.45, 2.75) is 20.5 Å². The number of nitrogens with zero attached hydrogens (tertiary/aromatic N) is 1. The normalized spacial score (nSPS) is 10.3. The second kappa shape index (κ2) is 5.92. The number of carboxylic acid groups (broad SMARTS) is 1. The molecule has 0 aliphatic carbocycles. The molecule has 104 valence electrons. The van der Waals surface area contributed by atoms with Crippen molar-refractivity contribution >= 4 is 17.6 Å². The van der Waals surface area contributed by atoms with Crippen LogP contribution in [-0.4, -0.2) is 16.1 Å². The largest absolute Gasteiger partial charge is 0.489 e. The van der Waals surface area contributed by atoms with E-state index in [0.29, 0.717) is 16.3 Å². The lowest BCUT2D eigenvalue weighted by atomic mass is 10.1. The molecule has 0 atom stereocenters. The molecule has 2 aromatic rings. The standard InChI is InChI=1S/C15H14ClNO3/c1-9-6-12(7-10(2)13(9)16)20-8-11-4-3-5-17-14(11)15(18)19/h3-7H,8H2,1-2H3,(H,18,19). The average molecular weight is 292 g/mol. The molecular weight excluding hydrogens is 278 g/mol. The smallest absolute Gasteiger partial charge is 0.354 e. The molecule has 1 aromatic carbocycles. The number of pyridine rings is 1. The number of ether oxygens (including phenoxy) is 1. The minimum absolute atomic E-state index is 0.00917. The van der Waals surface area contributed by atoms with Gasteiger partial charge in [0.25, 0.3) is 0 Å². The van der Waals surface area contributed by atoms with Crippen molar-refractivity contribution in [1.29, 1.82) is 0 Å². The van der Waals surface area contributed by atoms with Gasteiger partial charge in [-0.2, -0.15) is 0 Å². The molecule has 4 nitrogen and oxygen atoms in total. The fourth-order valence-electron chi connectivity index (χ4n) is 1.90. The summed E-state index contributed by atoms with van der Waals surface area (Å²) in [6, 6.07) is 7.02. The second-order valence-electron chi connectivity index (χ2n) is 4.48. The number of carboxylic acids is 1. The van der Waals surface area contributed by atoms with E-state index in [4.69, 9.17) is 21.4 Å². The molecule has 0 amide bonds. The molecule has 0 aliphatic heterocycles. The molecular formula is C15H14ClNO3. The predicted octanol–water partition coefficient (Wildman–Crippen LogP) is 3.63. The van der Waals surface area contributed by atoms with Gasteiger partial charge in [0, 0.05) is 16.8 Å². The monoisotopic (exact) mass is 291 g/mol. The summed E-state index contributed by atoms with van der Waals surface area (Å²) in [5.41, 5.74) is 2.39. The summed E-state index contributed by atoms with van der Waals surface area (Å²) < 4.78 is 5.64. The van der Waals surface area contributed by atoms with Crippen LogP contribution in [0.4, 0.5) is 0 Å². The Labute approximate surface area is 122 Å². The van der Waals surface area contributed by atoms with Crippen LogP contribution in [-0.2, 0) is 6.61 Å². The zero-order valence-electron chi connectivity index (χ0n) is 11.2. The van der Waals surface area contributed by atoms with Crippen LogP contribution in [0.5, 0.6) is 5.75 Å². The van der Waals surface area contributed by atoms with E-state index in [9.17, 15) is 4.79 Å². The van der Waals surface area contributed by atoms with Gasteiger partial charge in [0.1, 0.15) is 12.4 Å². The van der Waals surface area contributed by atoms with Crippen LogP contribution in [0.1, 0.15) is 27.2 Å². The van der Waals surface area contributed by atoms with Gasteiger partial charge in [-0.1, -0.05) is 17.7 Å². The highest BCUT2D eigenvalue weighted by atomic mass is 35.5. The molecule has 0 aliphatic rings. The van der Waals surface area contributed by atoms with Gasteiger partial charge in [0.05, 0.1) is 0 Å². The Morgan fingerprint density at radius 1 is 1.35 bits per heavy atom. The van der Waals surface area contributed by atoms with Crippen molar-refractivity contribution in [3.05, 3.63) is 57.9 Å². The van der Waals surface area contributed by atoms with Gasteiger partial charge in [-0.05, 0) is 43.2 Å². The number of rotatable bonds is 4. The van der Waals surface area contributed by atoms with E-state index in [0.717, 1.165) is 11.1 Å². The number of hydrogen-bond donors (Lipinski definition) is 1. The van der Waals surface area contributed by atoms with E-state index < -0.39 is 5.97 Å². The first kappa shape index (κ1) is 14.3. The van der Waals surface area contributed by atoms with E-state index in [2.05, 4.69) is 4.98 Å². The molecule has 1 heterocycles. The highest BCUT2D eigenvalue weighted by Crippen LogP contribution is 2.26. The lowest BCUT2D eigenvalue weighted by molar-refractivity contribution is 0.0687. The maximum Gasteiger partial charge on any atom is 0.354 e. The summed E-state index contributed by atoms with van der Waals surface area (Å²) in [4.78, 5) is 14.9. The summed E-state index contributed by atoms with van der Waals surface area (Å²) in [6.07, 6.45) is 1.45. The van der Waals surface area contributed by atoms with Gasteiger partial charge >= 0.3 is 5.97 Å². The van der Waals surface area contributed by atoms with Crippen molar-refractivity contribution in [1.82, 2.24) is 4.98 Å². The van der Waals surface area contributed by atoms with Gasteiger partial charge in [0.15, 0.2) is 5.69 Å². The molecule has 0 radical (unpaired) electrons. The highest BCUT2D eigenvalue weighted by Gasteiger charge is 2.11. The molecule has 0 saturated carbocycles. The summed E-state index contributed by atoms with van der Waals surface area (Å²) in [7, 11) is 0. The highest BCUT2D eigenvalue weighted by molar-refractivity contribution is 6.32. The molecule has 0 saturated heterocycles. The first-order chi connectivity index (χ1) is 9.49. The van der Waals surface area contributed by atoms with E-state index in [-0.39, 0.29) is 12.3 Å². The Morgan fingerprint density at radius 2 is 2.00 bits per heavy atom. The number of halogens is 1. The summed E-state index contributed by atoms with van der Waals surface area (Å²) in [6.45, 7) is 3.94. The molecule has 0 unspecified atom stereocenters. The molecule has 0 spiro atoms. The van der Waals surface area contributed by atoms with Crippen LogP contribution in [0.3, 0.4) is 0 Å². The first-order valence-electron chi connectivity index (χ1n) is 6.05. The average Bonchev–Trinajstić information content (AvgIpc) is 2.42. The van der Waals surface area contributed by atoms with Crippen LogP contribution >= 0.6 is 11.6 Å². The fraction of sp³-hybridized carbons (Fsp3) is 0.200. The Morgan fingerprint density at radius 3 is 2.60 bits per heavy atom. The Kier molecular flexibility index (Phi) is 4.25. The van der Waals surface area contributed by atoms with E-state index in [1.54, 1.807) is 12.1 Å². The third-order valence-corrected chi connectivity index (χ3v) is 3.49. The lowest BCUT2D eigenvalue weighted by Crippen LogP contribution is -2.08. The molecule has 1 N–H and O–H groups in total. The maximum absolute atomic E-state index is 11.1. The van der Waals surface area contributed by atoms with Gasteiger partial charge in [-0.25, -0.2) is 9.78 Å². The Bertz CT molecular complexity index is 632. The van der Waals surface area contributed by atoms with Crippen molar-refractivity contribution in [2.75, 3.05) is 0 Å². The third-order valence-electron chi connectivity index (χ3n) is 2.90. The maximum atomic E-state index is 11.1. The van der Waals surface area contributed by atoms with Crippen LogP contribution < -0.4 is 4.74 Å². The van der Waals surface area contributed by atoms with Crippen molar-refractivity contribution in [3.8, 4) is 5.75 Å². The third kappa shape index (κ3) is 3.08. The van der Waals surface area contributed by atoms with Crippen molar-refractivity contribution in [3.63, 3.8) is 0 Å². The molecule has 0 fully saturated rings. The van der Waals surface area contributed by atoms with Crippen molar-refractivity contribution < 1.29 is 14.6 Å². The SMILES string of the molecule is Cc1cc(OCc2cccnc2C(=O)O)cc(C)c1Cl. The summed E-state index contributed by atoms with van der Waals surface area (Å²) in [5, 5.41) is 9.76. The molecule has 1 aromatic heterocycles. The molecule has 5 heteroatoms. The predicted molar refractivity (Wildman–Crippen MR) is 76.5 cm³/mol. The van der Waals surface area contributed by atoms with Gasteiger partial charge in [-0.3, -0.25) is 0 Å². The van der Waals surface area contributed by atoms with Gasteiger partial charge in [0.2, 0.25) is 0 Å². The van der Waals surface area contributed by atoms with Gasteiger partial charge < -0.3 is 9.84 Å². The Hall–Kier alpha value is -2.07. The van der Waals surface area contributed by atoms with E-state index in [1.165, 1.54) is 6.20 Å². The molecule has 0 bridgehead atoms. The zero-order chi connectivity index (χ0) is 14.7. The number of aromatic nitrogens is 1. The Balaban J connectivity index is 2.19. The first-order valence-corrected chi connectivity index (χ1v) is 6.43. The quantitative estimate of drug-likeness (QED) is 0.934.